The van der Waals surface area contributed by atoms with Gasteiger partial charge < -0.3 is 14.2 Å². The molecule has 0 fully saturated rings. The number of nitrogens with one attached hydrogen (secondary N) is 1. The average Bonchev–Trinajstić information content (AvgIpc) is 2.92. The van der Waals surface area contributed by atoms with E-state index in [1.165, 1.54) is 7.11 Å². The Kier molecular flexibility index (Phi) is 6.94. The highest BCUT2D eigenvalue weighted by Gasteiger charge is 2.18. The predicted octanol–water partition coefficient (Wildman–Crippen LogP) is 8.59. The minimum absolute atomic E-state index is 0.368. The molecular weight excluding hydrogens is 490 g/mol. The third-order valence-corrected chi connectivity index (χ3v) is 6.20. The summed E-state index contributed by atoms with van der Waals surface area (Å²) in [5, 5.41) is 6.71. The van der Waals surface area contributed by atoms with Crippen molar-refractivity contribution in [1.82, 2.24) is 0 Å². The number of esters is 1. The van der Waals surface area contributed by atoms with Crippen LogP contribution in [0.2, 0.25) is 0 Å². The van der Waals surface area contributed by atoms with E-state index in [2.05, 4.69) is 17.4 Å². The van der Waals surface area contributed by atoms with Crippen LogP contribution in [0.15, 0.2) is 97.1 Å². The van der Waals surface area contributed by atoms with Crippen LogP contribution in [0.25, 0.3) is 32.7 Å². The van der Waals surface area contributed by atoms with Crippen LogP contribution in [0, 0.1) is 0 Å². The minimum atomic E-state index is -0.579. The van der Waals surface area contributed by atoms with Gasteiger partial charge in [-0.2, -0.15) is 0 Å². The summed E-state index contributed by atoms with van der Waals surface area (Å²) in [5.41, 5.74) is 2.57. The van der Waals surface area contributed by atoms with Crippen molar-refractivity contribution < 1.29 is 23.8 Å². The predicted molar refractivity (Wildman–Crippen MR) is 155 cm³/mol. The van der Waals surface area contributed by atoms with Crippen LogP contribution >= 0.6 is 0 Å². The fourth-order valence-electron chi connectivity index (χ4n) is 4.55. The van der Waals surface area contributed by atoms with Gasteiger partial charge in [0.1, 0.15) is 17.1 Å². The average molecular weight is 520 g/mol. The summed E-state index contributed by atoms with van der Waals surface area (Å²) in [6.07, 6.45) is -0.511. The van der Waals surface area contributed by atoms with Gasteiger partial charge in [-0.1, -0.05) is 60.7 Å². The largest absolute Gasteiger partial charge is 0.465 e. The summed E-state index contributed by atoms with van der Waals surface area (Å²) in [4.78, 5) is 24.1. The molecule has 0 aromatic heterocycles. The van der Waals surface area contributed by atoms with Crippen LogP contribution in [0.3, 0.4) is 0 Å². The van der Waals surface area contributed by atoms with Gasteiger partial charge in [0.15, 0.2) is 0 Å². The van der Waals surface area contributed by atoms with Crippen molar-refractivity contribution in [2.24, 2.45) is 0 Å². The molecule has 5 aromatic rings. The Labute approximate surface area is 227 Å². The highest BCUT2D eigenvalue weighted by Crippen LogP contribution is 2.44. The standard InChI is InChI=1S/C33H29NO5/c1-33(2,3)39-32(36)34-23-17-19-24(20-18-23)38-30-27-11-7-5-9-25(27)29(26-10-6-8-12-28(26)30)21-13-15-22(16-14-21)31(35)37-4/h5-20H,1-4H3,(H,34,36). The van der Waals surface area contributed by atoms with Crippen LogP contribution < -0.4 is 10.1 Å². The van der Waals surface area contributed by atoms with Crippen molar-refractivity contribution in [1.29, 1.82) is 0 Å². The lowest BCUT2D eigenvalue weighted by atomic mass is 9.91. The number of ether oxygens (including phenoxy) is 3. The van der Waals surface area contributed by atoms with Gasteiger partial charge in [0.25, 0.3) is 0 Å². The molecule has 0 aliphatic rings. The van der Waals surface area contributed by atoms with Crippen molar-refractivity contribution in [3.8, 4) is 22.6 Å². The molecule has 1 N–H and O–H groups in total. The first-order valence-corrected chi connectivity index (χ1v) is 12.6. The summed E-state index contributed by atoms with van der Waals surface area (Å²) in [5.74, 6) is 1.01. The second-order valence-corrected chi connectivity index (χ2v) is 10.1. The van der Waals surface area contributed by atoms with Crippen molar-refractivity contribution >= 4 is 39.3 Å². The summed E-state index contributed by atoms with van der Waals surface area (Å²) in [6.45, 7) is 5.46. The summed E-state index contributed by atoms with van der Waals surface area (Å²) < 4.78 is 16.7. The van der Waals surface area contributed by atoms with Gasteiger partial charge in [0.05, 0.1) is 12.7 Å². The van der Waals surface area contributed by atoms with E-state index in [4.69, 9.17) is 14.2 Å². The molecule has 0 aliphatic heterocycles. The van der Waals surface area contributed by atoms with Crippen molar-refractivity contribution in [2.75, 3.05) is 12.4 Å². The number of rotatable bonds is 5. The molecule has 0 saturated heterocycles. The third-order valence-electron chi connectivity index (χ3n) is 6.20. The molecule has 0 spiro atoms. The smallest absolute Gasteiger partial charge is 0.412 e. The van der Waals surface area contributed by atoms with Crippen LogP contribution in [0.1, 0.15) is 31.1 Å². The van der Waals surface area contributed by atoms with Gasteiger partial charge in [-0.15, -0.1) is 0 Å². The molecule has 5 rings (SSSR count). The Hall–Kier alpha value is -4.84. The number of methoxy groups -OCH3 is 1. The lowest BCUT2D eigenvalue weighted by molar-refractivity contribution is 0.0598. The molecule has 0 unspecified atom stereocenters. The maximum absolute atomic E-state index is 12.1. The van der Waals surface area contributed by atoms with Gasteiger partial charge >= 0.3 is 12.1 Å². The fourth-order valence-corrected chi connectivity index (χ4v) is 4.55. The number of carbonyl (C=O) groups excluding carboxylic acids is 2. The molecule has 0 atom stereocenters. The van der Waals surface area contributed by atoms with Crippen molar-refractivity contribution in [2.45, 2.75) is 26.4 Å². The molecule has 0 radical (unpaired) electrons. The normalized spacial score (nSPS) is 11.3. The highest BCUT2D eigenvalue weighted by atomic mass is 16.6. The lowest BCUT2D eigenvalue weighted by Crippen LogP contribution is -2.27. The number of carbonyl (C=O) groups is 2. The molecule has 1 amide bonds. The Morgan fingerprint density at radius 3 is 1.74 bits per heavy atom. The molecule has 6 heteroatoms. The fraction of sp³-hybridized carbons (Fsp3) is 0.152. The zero-order valence-electron chi connectivity index (χ0n) is 22.3. The van der Waals surface area contributed by atoms with Crippen molar-refractivity contribution in [3.05, 3.63) is 103 Å². The quantitative estimate of drug-likeness (QED) is 0.186. The molecule has 39 heavy (non-hydrogen) atoms. The Bertz CT molecular complexity index is 1610. The van der Waals surface area contributed by atoms with Crippen LogP contribution in [0.4, 0.5) is 10.5 Å². The van der Waals surface area contributed by atoms with Crippen LogP contribution in [0.5, 0.6) is 11.5 Å². The first-order valence-electron chi connectivity index (χ1n) is 12.6. The monoisotopic (exact) mass is 519 g/mol. The van der Waals surface area contributed by atoms with E-state index in [1.807, 2.05) is 81.4 Å². The first kappa shape index (κ1) is 25.8. The maximum atomic E-state index is 12.1. The number of hydrogen-bond acceptors (Lipinski definition) is 5. The highest BCUT2D eigenvalue weighted by molar-refractivity contribution is 6.17. The van der Waals surface area contributed by atoms with E-state index in [-0.39, 0.29) is 5.97 Å². The second-order valence-electron chi connectivity index (χ2n) is 10.1. The van der Waals surface area contributed by atoms with E-state index in [0.717, 1.165) is 38.4 Å². The SMILES string of the molecule is COC(=O)c1ccc(-c2c3ccccc3c(Oc3ccc(NC(=O)OC(C)(C)C)cc3)c3ccccc23)cc1. The van der Waals surface area contributed by atoms with E-state index in [1.54, 1.807) is 24.3 Å². The minimum Gasteiger partial charge on any atom is -0.465 e. The molecule has 6 nitrogen and oxygen atoms in total. The van der Waals surface area contributed by atoms with Gasteiger partial charge in [-0.25, -0.2) is 9.59 Å². The Morgan fingerprint density at radius 2 is 1.23 bits per heavy atom. The van der Waals surface area contributed by atoms with Gasteiger partial charge in [-0.3, -0.25) is 5.32 Å². The van der Waals surface area contributed by atoms with Gasteiger partial charge in [0, 0.05) is 16.5 Å². The van der Waals surface area contributed by atoms with Crippen LogP contribution in [-0.2, 0) is 9.47 Å². The molecule has 0 saturated carbocycles. The Morgan fingerprint density at radius 1 is 0.692 bits per heavy atom. The summed E-state index contributed by atoms with van der Waals surface area (Å²) >= 11 is 0. The molecule has 5 aromatic carbocycles. The topological polar surface area (TPSA) is 73.9 Å². The third kappa shape index (κ3) is 5.55. The first-order chi connectivity index (χ1) is 18.7. The number of fused-ring (bicyclic) bond motifs is 2. The molecule has 0 aliphatic carbocycles. The van der Waals surface area contributed by atoms with E-state index in [0.29, 0.717) is 17.0 Å². The van der Waals surface area contributed by atoms with Gasteiger partial charge in [-0.05, 0) is 79.1 Å². The van der Waals surface area contributed by atoms with E-state index >= 15 is 0 Å². The number of amides is 1. The molecular formula is C33H29NO5. The zero-order chi connectivity index (χ0) is 27.6. The van der Waals surface area contributed by atoms with E-state index in [9.17, 15) is 9.59 Å². The number of anilines is 1. The van der Waals surface area contributed by atoms with Crippen molar-refractivity contribution in [3.63, 3.8) is 0 Å². The number of hydrogen-bond donors (Lipinski definition) is 1. The Balaban J connectivity index is 1.55. The molecule has 196 valence electrons. The summed E-state index contributed by atoms with van der Waals surface area (Å²) in [7, 11) is 1.38. The second kappa shape index (κ2) is 10.5. The zero-order valence-corrected chi connectivity index (χ0v) is 22.3. The summed E-state index contributed by atoms with van der Waals surface area (Å²) in [6, 6.07) is 30.9. The lowest BCUT2D eigenvalue weighted by Gasteiger charge is -2.20. The molecule has 0 bridgehead atoms. The maximum Gasteiger partial charge on any atom is 0.412 e. The number of benzene rings is 5. The van der Waals surface area contributed by atoms with Crippen LogP contribution in [-0.4, -0.2) is 24.8 Å². The van der Waals surface area contributed by atoms with Gasteiger partial charge in [0.2, 0.25) is 0 Å². The van der Waals surface area contributed by atoms with E-state index < -0.39 is 11.7 Å². The molecule has 0 heterocycles.